The standard InChI is InChI=1S/C19H24BrFN4O/c1-14-19(20)15(2)25(22-14)8-7-18(26)24-11-9-23(10-12-24)13-16-5-3-4-6-17(16)21/h3-6H,7-13H2,1-2H3. The molecule has 1 aliphatic rings. The third-order valence-corrected chi connectivity index (χ3v) is 6.06. The van der Waals surface area contributed by atoms with E-state index in [4.69, 9.17) is 0 Å². The van der Waals surface area contributed by atoms with E-state index in [1.807, 2.05) is 35.6 Å². The molecule has 0 radical (unpaired) electrons. The van der Waals surface area contributed by atoms with Crippen LogP contribution in [0.1, 0.15) is 23.4 Å². The SMILES string of the molecule is Cc1nn(CCC(=O)N2CCN(Cc3ccccc3F)CC2)c(C)c1Br. The molecule has 0 spiro atoms. The average Bonchev–Trinajstić information content (AvgIpc) is 2.89. The van der Waals surface area contributed by atoms with E-state index in [0.717, 1.165) is 29.0 Å². The number of benzene rings is 1. The lowest BCUT2D eigenvalue weighted by Crippen LogP contribution is -2.48. The van der Waals surface area contributed by atoms with Gasteiger partial charge in [0.05, 0.1) is 16.7 Å². The summed E-state index contributed by atoms with van der Waals surface area (Å²) >= 11 is 3.51. The summed E-state index contributed by atoms with van der Waals surface area (Å²) in [5.41, 5.74) is 2.70. The number of nitrogens with zero attached hydrogens (tertiary/aromatic N) is 4. The number of aromatic nitrogens is 2. The molecule has 5 nitrogen and oxygen atoms in total. The second-order valence-corrected chi connectivity index (χ2v) is 7.50. The van der Waals surface area contributed by atoms with Crippen molar-refractivity contribution in [2.24, 2.45) is 0 Å². The number of halogens is 2. The predicted molar refractivity (Wildman–Crippen MR) is 102 cm³/mol. The highest BCUT2D eigenvalue weighted by molar-refractivity contribution is 9.10. The molecule has 26 heavy (non-hydrogen) atoms. The monoisotopic (exact) mass is 422 g/mol. The van der Waals surface area contributed by atoms with Crippen LogP contribution in [0.4, 0.5) is 4.39 Å². The summed E-state index contributed by atoms with van der Waals surface area (Å²) in [4.78, 5) is 16.6. The fourth-order valence-electron chi connectivity index (χ4n) is 3.28. The fraction of sp³-hybridized carbons (Fsp3) is 0.474. The fourth-order valence-corrected chi connectivity index (χ4v) is 3.56. The van der Waals surface area contributed by atoms with Crippen molar-refractivity contribution in [2.45, 2.75) is 33.4 Å². The van der Waals surface area contributed by atoms with Gasteiger partial charge < -0.3 is 4.90 Å². The van der Waals surface area contributed by atoms with Crippen molar-refractivity contribution >= 4 is 21.8 Å². The maximum Gasteiger partial charge on any atom is 0.224 e. The number of piperazine rings is 1. The van der Waals surface area contributed by atoms with E-state index < -0.39 is 0 Å². The third kappa shape index (κ3) is 4.32. The van der Waals surface area contributed by atoms with Crippen molar-refractivity contribution in [3.05, 3.63) is 51.5 Å². The van der Waals surface area contributed by atoms with E-state index in [0.29, 0.717) is 38.2 Å². The minimum absolute atomic E-state index is 0.152. The summed E-state index contributed by atoms with van der Waals surface area (Å²) in [5, 5.41) is 4.45. The summed E-state index contributed by atoms with van der Waals surface area (Å²) in [7, 11) is 0. The number of carbonyl (C=O) groups is 1. The molecule has 0 N–H and O–H groups in total. The smallest absolute Gasteiger partial charge is 0.224 e. The van der Waals surface area contributed by atoms with Crippen LogP contribution in [0, 0.1) is 19.7 Å². The molecule has 1 aromatic carbocycles. The normalized spacial score (nSPS) is 15.5. The highest BCUT2D eigenvalue weighted by Crippen LogP contribution is 2.20. The molecule has 7 heteroatoms. The van der Waals surface area contributed by atoms with Crippen LogP contribution in [0.15, 0.2) is 28.7 Å². The molecule has 0 atom stereocenters. The molecule has 2 aromatic rings. The Kier molecular flexibility index (Phi) is 6.09. The summed E-state index contributed by atoms with van der Waals surface area (Å²) in [6.45, 7) is 8.04. The van der Waals surface area contributed by atoms with E-state index in [1.165, 1.54) is 6.07 Å². The van der Waals surface area contributed by atoms with Gasteiger partial charge in [0, 0.05) is 50.4 Å². The van der Waals surface area contributed by atoms with Crippen molar-refractivity contribution in [3.8, 4) is 0 Å². The third-order valence-electron chi connectivity index (χ3n) is 4.91. The Balaban J connectivity index is 1.47. The molecule has 1 aromatic heterocycles. The van der Waals surface area contributed by atoms with Gasteiger partial charge in [0.2, 0.25) is 5.91 Å². The van der Waals surface area contributed by atoms with E-state index in [1.54, 1.807) is 6.07 Å². The number of carbonyl (C=O) groups excluding carboxylic acids is 1. The van der Waals surface area contributed by atoms with Gasteiger partial charge in [-0.25, -0.2) is 4.39 Å². The van der Waals surface area contributed by atoms with Gasteiger partial charge in [-0.05, 0) is 35.8 Å². The Morgan fingerprint density at radius 3 is 2.50 bits per heavy atom. The maximum atomic E-state index is 13.8. The summed E-state index contributed by atoms with van der Waals surface area (Å²) in [6.07, 6.45) is 0.446. The molecule has 3 rings (SSSR count). The molecule has 1 aliphatic heterocycles. The number of rotatable bonds is 5. The van der Waals surface area contributed by atoms with E-state index in [-0.39, 0.29) is 11.7 Å². The second-order valence-electron chi connectivity index (χ2n) is 6.71. The van der Waals surface area contributed by atoms with E-state index >= 15 is 0 Å². The van der Waals surface area contributed by atoms with Gasteiger partial charge in [0.1, 0.15) is 5.82 Å². The van der Waals surface area contributed by atoms with Crippen molar-refractivity contribution in [1.29, 1.82) is 0 Å². The number of hydrogen-bond acceptors (Lipinski definition) is 3. The molecule has 0 bridgehead atoms. The Morgan fingerprint density at radius 1 is 1.19 bits per heavy atom. The zero-order valence-corrected chi connectivity index (χ0v) is 16.8. The molecule has 1 saturated heterocycles. The molecule has 140 valence electrons. The van der Waals surface area contributed by atoms with Crippen LogP contribution >= 0.6 is 15.9 Å². The van der Waals surface area contributed by atoms with Gasteiger partial charge in [-0.3, -0.25) is 14.4 Å². The highest BCUT2D eigenvalue weighted by atomic mass is 79.9. The molecule has 0 unspecified atom stereocenters. The molecule has 1 fully saturated rings. The first kappa shape index (κ1) is 19.0. The Bertz CT molecular complexity index is 784. The molecule has 2 heterocycles. The van der Waals surface area contributed by atoms with E-state index in [2.05, 4.69) is 25.9 Å². The number of hydrogen-bond donors (Lipinski definition) is 0. The lowest BCUT2D eigenvalue weighted by molar-refractivity contribution is -0.133. The first-order chi connectivity index (χ1) is 12.5. The van der Waals surface area contributed by atoms with Crippen molar-refractivity contribution < 1.29 is 9.18 Å². The van der Waals surface area contributed by atoms with Crippen LogP contribution in [-0.4, -0.2) is 51.7 Å². The van der Waals surface area contributed by atoms with Crippen molar-refractivity contribution in [1.82, 2.24) is 19.6 Å². The number of amides is 1. The minimum Gasteiger partial charge on any atom is -0.340 e. The lowest BCUT2D eigenvalue weighted by atomic mass is 10.2. The topological polar surface area (TPSA) is 41.4 Å². The van der Waals surface area contributed by atoms with Gasteiger partial charge in [-0.2, -0.15) is 5.10 Å². The summed E-state index contributed by atoms with van der Waals surface area (Å²) < 4.78 is 16.7. The van der Waals surface area contributed by atoms with Crippen molar-refractivity contribution in [2.75, 3.05) is 26.2 Å². The van der Waals surface area contributed by atoms with Gasteiger partial charge in [-0.1, -0.05) is 18.2 Å². The van der Waals surface area contributed by atoms with Crippen molar-refractivity contribution in [3.63, 3.8) is 0 Å². The van der Waals surface area contributed by atoms with Crippen LogP contribution < -0.4 is 0 Å². The number of aryl methyl sites for hydroxylation is 2. The van der Waals surface area contributed by atoms with Crippen LogP contribution in [0.3, 0.4) is 0 Å². The van der Waals surface area contributed by atoms with Gasteiger partial charge in [0.25, 0.3) is 0 Å². The zero-order chi connectivity index (χ0) is 18.7. The van der Waals surface area contributed by atoms with E-state index in [9.17, 15) is 9.18 Å². The maximum absolute atomic E-state index is 13.8. The predicted octanol–water partition coefficient (Wildman–Crippen LogP) is 3.14. The first-order valence-electron chi connectivity index (χ1n) is 8.88. The van der Waals surface area contributed by atoms with Gasteiger partial charge in [-0.15, -0.1) is 0 Å². The highest BCUT2D eigenvalue weighted by Gasteiger charge is 2.22. The zero-order valence-electron chi connectivity index (χ0n) is 15.2. The second kappa shape index (κ2) is 8.31. The van der Waals surface area contributed by atoms with Crippen LogP contribution in [-0.2, 0) is 17.9 Å². The average molecular weight is 423 g/mol. The largest absolute Gasteiger partial charge is 0.340 e. The van der Waals surface area contributed by atoms with Crippen LogP contribution in [0.25, 0.3) is 0 Å². The van der Waals surface area contributed by atoms with Gasteiger partial charge >= 0.3 is 0 Å². The van der Waals surface area contributed by atoms with Gasteiger partial charge in [0.15, 0.2) is 0 Å². The molecule has 0 saturated carbocycles. The summed E-state index contributed by atoms with van der Waals surface area (Å²) in [6, 6.07) is 6.87. The lowest BCUT2D eigenvalue weighted by Gasteiger charge is -2.34. The molecule has 1 amide bonds. The Labute approximate surface area is 161 Å². The van der Waals surface area contributed by atoms with Crippen LogP contribution in [0.2, 0.25) is 0 Å². The first-order valence-corrected chi connectivity index (χ1v) is 9.68. The summed E-state index contributed by atoms with van der Waals surface area (Å²) in [5.74, 6) is -0.0127. The Morgan fingerprint density at radius 2 is 1.88 bits per heavy atom. The molecular formula is C19H24BrFN4O. The quantitative estimate of drug-likeness (QED) is 0.742. The Hall–Kier alpha value is -1.73. The van der Waals surface area contributed by atoms with Crippen LogP contribution in [0.5, 0.6) is 0 Å². The molecular weight excluding hydrogens is 399 g/mol. The minimum atomic E-state index is -0.165. The molecule has 0 aliphatic carbocycles.